The number of Topliss-reactive ketones (excluding diaryl/α,β-unsaturated/α-hetero) is 1. The molecule has 22 heavy (non-hydrogen) atoms. The highest BCUT2D eigenvalue weighted by molar-refractivity contribution is 6.09. The first-order valence-electron chi connectivity index (χ1n) is 7.55. The topological polar surface area (TPSA) is 45.7 Å². The van der Waals surface area contributed by atoms with E-state index in [-0.39, 0.29) is 5.78 Å². The van der Waals surface area contributed by atoms with Crippen LogP contribution in [-0.2, 0) is 0 Å². The second kappa shape index (κ2) is 6.42. The van der Waals surface area contributed by atoms with Gasteiger partial charge in [0.05, 0.1) is 13.7 Å². The van der Waals surface area contributed by atoms with E-state index in [9.17, 15) is 4.79 Å². The Bertz CT molecular complexity index is 679. The third-order valence-corrected chi connectivity index (χ3v) is 4.22. The Morgan fingerprint density at radius 1 is 1.23 bits per heavy atom. The van der Waals surface area contributed by atoms with Crippen molar-refractivity contribution in [3.63, 3.8) is 0 Å². The monoisotopic (exact) mass is 299 g/mol. The molecule has 0 saturated carbocycles. The molecule has 0 spiro atoms. The van der Waals surface area contributed by atoms with Crippen LogP contribution in [0.2, 0.25) is 0 Å². The molecule has 5 nitrogen and oxygen atoms in total. The highest BCUT2D eigenvalue weighted by atomic mass is 16.5. The average molecular weight is 299 g/mol. The lowest BCUT2D eigenvalue weighted by Gasteiger charge is -2.31. The summed E-state index contributed by atoms with van der Waals surface area (Å²) in [4.78, 5) is 21.5. The van der Waals surface area contributed by atoms with Crippen molar-refractivity contribution >= 4 is 16.7 Å². The summed E-state index contributed by atoms with van der Waals surface area (Å²) in [5.74, 6) is 0.844. The Morgan fingerprint density at radius 2 is 2.00 bits per heavy atom. The van der Waals surface area contributed by atoms with Gasteiger partial charge < -0.3 is 9.64 Å². The van der Waals surface area contributed by atoms with Crippen molar-refractivity contribution in [2.24, 2.45) is 0 Å². The molecule has 1 fully saturated rings. The number of benzene rings is 1. The third kappa shape index (κ3) is 2.96. The van der Waals surface area contributed by atoms with Crippen molar-refractivity contribution in [1.82, 2.24) is 14.8 Å². The van der Waals surface area contributed by atoms with Crippen molar-refractivity contribution in [1.29, 1.82) is 0 Å². The first-order chi connectivity index (χ1) is 10.7. The Hall–Kier alpha value is -1.98. The van der Waals surface area contributed by atoms with E-state index in [1.165, 1.54) is 0 Å². The molecule has 0 bridgehead atoms. The molecule has 1 aliphatic heterocycles. The number of aromatic nitrogens is 1. The summed E-state index contributed by atoms with van der Waals surface area (Å²) < 4.78 is 5.33. The molecule has 0 aliphatic carbocycles. The number of methoxy groups -OCH3 is 1. The van der Waals surface area contributed by atoms with E-state index in [0.29, 0.717) is 12.3 Å². The van der Waals surface area contributed by atoms with Gasteiger partial charge in [-0.3, -0.25) is 14.7 Å². The van der Waals surface area contributed by atoms with Crippen LogP contribution < -0.4 is 4.74 Å². The number of pyridine rings is 1. The summed E-state index contributed by atoms with van der Waals surface area (Å²) in [7, 11) is 3.73. The lowest BCUT2D eigenvalue weighted by atomic mass is 10.0. The number of hydrogen-bond donors (Lipinski definition) is 0. The van der Waals surface area contributed by atoms with Gasteiger partial charge in [0.25, 0.3) is 0 Å². The van der Waals surface area contributed by atoms with Crippen LogP contribution in [0.25, 0.3) is 10.9 Å². The number of piperazine rings is 1. The van der Waals surface area contributed by atoms with Gasteiger partial charge in [0, 0.05) is 43.3 Å². The van der Waals surface area contributed by atoms with Gasteiger partial charge in [0.2, 0.25) is 0 Å². The fourth-order valence-corrected chi connectivity index (χ4v) is 2.85. The number of ketones is 1. The molecule has 5 heteroatoms. The van der Waals surface area contributed by atoms with Gasteiger partial charge in [0.15, 0.2) is 5.78 Å². The van der Waals surface area contributed by atoms with Crippen molar-refractivity contribution in [2.75, 3.05) is 46.9 Å². The van der Waals surface area contributed by atoms with Crippen LogP contribution in [0.4, 0.5) is 0 Å². The lowest BCUT2D eigenvalue weighted by Crippen LogP contribution is -2.46. The van der Waals surface area contributed by atoms with E-state index in [0.717, 1.165) is 42.6 Å². The maximum Gasteiger partial charge on any atom is 0.177 e. The predicted octanol–water partition coefficient (Wildman–Crippen LogP) is 1.67. The minimum absolute atomic E-state index is 0.144. The number of fused-ring (bicyclic) bond motifs is 1. The Balaban J connectivity index is 1.85. The molecule has 0 amide bonds. The van der Waals surface area contributed by atoms with Crippen molar-refractivity contribution in [2.45, 2.75) is 0 Å². The summed E-state index contributed by atoms with van der Waals surface area (Å²) >= 11 is 0. The molecule has 3 rings (SSSR count). The van der Waals surface area contributed by atoms with E-state index in [2.05, 4.69) is 21.8 Å². The van der Waals surface area contributed by atoms with E-state index >= 15 is 0 Å². The molecule has 116 valence electrons. The molecular weight excluding hydrogens is 278 g/mol. The van der Waals surface area contributed by atoms with Crippen molar-refractivity contribution in [3.8, 4) is 5.75 Å². The SMILES string of the molecule is COc1ccc(C(=O)CN2CCN(C)CC2)c2cccnc12. The van der Waals surface area contributed by atoms with Gasteiger partial charge in [-0.1, -0.05) is 6.07 Å². The zero-order chi connectivity index (χ0) is 15.5. The smallest absolute Gasteiger partial charge is 0.177 e. The molecule has 2 aromatic rings. The number of hydrogen-bond acceptors (Lipinski definition) is 5. The number of ether oxygens (including phenoxy) is 1. The zero-order valence-corrected chi connectivity index (χ0v) is 13.1. The largest absolute Gasteiger partial charge is 0.494 e. The highest BCUT2D eigenvalue weighted by Crippen LogP contribution is 2.26. The molecule has 2 heterocycles. The fraction of sp³-hybridized carbons (Fsp3) is 0.412. The molecule has 1 saturated heterocycles. The summed E-state index contributed by atoms with van der Waals surface area (Å²) in [6, 6.07) is 7.46. The third-order valence-electron chi connectivity index (χ3n) is 4.22. The van der Waals surface area contributed by atoms with Crippen LogP contribution in [0.1, 0.15) is 10.4 Å². The van der Waals surface area contributed by atoms with Crippen LogP contribution in [0, 0.1) is 0 Å². The quantitative estimate of drug-likeness (QED) is 0.804. The van der Waals surface area contributed by atoms with Crippen LogP contribution >= 0.6 is 0 Å². The minimum Gasteiger partial charge on any atom is -0.494 e. The Morgan fingerprint density at radius 3 is 2.73 bits per heavy atom. The van der Waals surface area contributed by atoms with Gasteiger partial charge in [-0.05, 0) is 25.2 Å². The molecule has 1 aromatic heterocycles. The van der Waals surface area contributed by atoms with Gasteiger partial charge in [-0.2, -0.15) is 0 Å². The highest BCUT2D eigenvalue weighted by Gasteiger charge is 2.19. The summed E-state index contributed by atoms with van der Waals surface area (Å²) in [6.45, 7) is 4.36. The molecule has 0 unspecified atom stereocenters. The van der Waals surface area contributed by atoms with Gasteiger partial charge >= 0.3 is 0 Å². The van der Waals surface area contributed by atoms with Gasteiger partial charge in [-0.25, -0.2) is 0 Å². The van der Waals surface area contributed by atoms with Crippen molar-refractivity contribution in [3.05, 3.63) is 36.0 Å². The van der Waals surface area contributed by atoms with E-state index < -0.39 is 0 Å². The van der Waals surface area contributed by atoms with Crippen LogP contribution in [0.5, 0.6) is 5.75 Å². The summed E-state index contributed by atoms with van der Waals surface area (Å²) in [5, 5.41) is 0.862. The number of likely N-dealkylation sites (N-methyl/N-ethyl adjacent to an activating group) is 1. The average Bonchev–Trinajstić information content (AvgIpc) is 2.56. The number of rotatable bonds is 4. The van der Waals surface area contributed by atoms with Gasteiger partial charge in [0.1, 0.15) is 11.3 Å². The molecule has 1 aliphatic rings. The second-order valence-electron chi connectivity index (χ2n) is 5.72. The maximum absolute atomic E-state index is 12.7. The number of nitrogens with zero attached hydrogens (tertiary/aromatic N) is 3. The molecular formula is C17H21N3O2. The van der Waals surface area contributed by atoms with E-state index in [1.54, 1.807) is 13.3 Å². The Kier molecular flexibility index (Phi) is 4.36. The van der Waals surface area contributed by atoms with Crippen LogP contribution in [0.15, 0.2) is 30.5 Å². The molecule has 0 N–H and O–H groups in total. The van der Waals surface area contributed by atoms with Crippen LogP contribution in [0.3, 0.4) is 0 Å². The predicted molar refractivity (Wildman–Crippen MR) is 86.6 cm³/mol. The molecule has 0 atom stereocenters. The standard InChI is InChI=1S/C17H21N3O2/c1-19-8-10-20(11-9-19)12-15(21)13-5-6-16(22-2)17-14(13)4-3-7-18-17/h3-7H,8-12H2,1-2H3. The normalized spacial score (nSPS) is 16.8. The first-order valence-corrected chi connectivity index (χ1v) is 7.55. The summed E-state index contributed by atoms with van der Waals surface area (Å²) in [6.07, 6.45) is 1.72. The first kappa shape index (κ1) is 14.9. The molecule has 0 radical (unpaired) electrons. The summed E-state index contributed by atoms with van der Waals surface area (Å²) in [5.41, 5.74) is 1.47. The zero-order valence-electron chi connectivity index (χ0n) is 13.1. The maximum atomic E-state index is 12.7. The minimum atomic E-state index is 0.144. The second-order valence-corrected chi connectivity index (χ2v) is 5.72. The van der Waals surface area contributed by atoms with Gasteiger partial charge in [-0.15, -0.1) is 0 Å². The van der Waals surface area contributed by atoms with Crippen LogP contribution in [-0.4, -0.2) is 67.4 Å². The fourth-order valence-electron chi connectivity index (χ4n) is 2.85. The number of carbonyl (C=O) groups excluding carboxylic acids is 1. The van der Waals surface area contributed by atoms with Crippen molar-refractivity contribution < 1.29 is 9.53 Å². The Labute approximate surface area is 130 Å². The van der Waals surface area contributed by atoms with E-state index in [1.807, 2.05) is 24.3 Å². The number of carbonyl (C=O) groups is 1. The molecule has 1 aromatic carbocycles. The lowest BCUT2D eigenvalue weighted by molar-refractivity contribution is 0.0878. The van der Waals surface area contributed by atoms with E-state index in [4.69, 9.17) is 4.74 Å².